The SMILES string of the molecule is Cc1cc(NC(=O)C2CCCN2Cc2ccccc2)n(-c2ccc(F)cc2)n1. The molecule has 0 bridgehead atoms. The van der Waals surface area contributed by atoms with Gasteiger partial charge < -0.3 is 5.32 Å². The molecule has 0 aliphatic carbocycles. The Morgan fingerprint density at radius 1 is 1.18 bits per heavy atom. The fraction of sp³-hybridized carbons (Fsp3) is 0.273. The van der Waals surface area contributed by atoms with Gasteiger partial charge in [-0.1, -0.05) is 30.3 Å². The fourth-order valence-electron chi connectivity index (χ4n) is 3.71. The van der Waals surface area contributed by atoms with Crippen LogP contribution in [0.2, 0.25) is 0 Å². The molecule has 6 heteroatoms. The van der Waals surface area contributed by atoms with E-state index in [-0.39, 0.29) is 17.8 Å². The normalized spacial score (nSPS) is 17.0. The van der Waals surface area contributed by atoms with E-state index in [1.54, 1.807) is 16.8 Å². The van der Waals surface area contributed by atoms with Crippen molar-refractivity contribution in [1.82, 2.24) is 14.7 Å². The topological polar surface area (TPSA) is 50.2 Å². The number of nitrogens with zero attached hydrogens (tertiary/aromatic N) is 3. The number of amides is 1. The molecule has 1 fully saturated rings. The number of carbonyl (C=O) groups excluding carboxylic acids is 1. The highest BCUT2D eigenvalue weighted by Gasteiger charge is 2.31. The van der Waals surface area contributed by atoms with Gasteiger partial charge in [-0.2, -0.15) is 5.10 Å². The zero-order valence-corrected chi connectivity index (χ0v) is 15.8. The van der Waals surface area contributed by atoms with E-state index >= 15 is 0 Å². The highest BCUT2D eigenvalue weighted by atomic mass is 19.1. The molecular formula is C22H23FN4O. The Labute approximate surface area is 163 Å². The third-order valence-electron chi connectivity index (χ3n) is 5.05. The summed E-state index contributed by atoms with van der Waals surface area (Å²) in [6.07, 6.45) is 1.84. The Balaban J connectivity index is 1.51. The van der Waals surface area contributed by atoms with Crippen molar-refractivity contribution in [2.45, 2.75) is 32.4 Å². The van der Waals surface area contributed by atoms with Crippen molar-refractivity contribution in [3.63, 3.8) is 0 Å². The van der Waals surface area contributed by atoms with E-state index in [0.29, 0.717) is 11.5 Å². The first kappa shape index (κ1) is 18.4. The molecule has 28 heavy (non-hydrogen) atoms. The van der Waals surface area contributed by atoms with Gasteiger partial charge in [-0.05, 0) is 56.1 Å². The Kier molecular flexibility index (Phi) is 5.21. The van der Waals surface area contributed by atoms with E-state index in [2.05, 4.69) is 27.4 Å². The molecule has 1 N–H and O–H groups in total. The van der Waals surface area contributed by atoms with Gasteiger partial charge in [0.2, 0.25) is 5.91 Å². The molecule has 2 heterocycles. The molecule has 0 saturated carbocycles. The van der Waals surface area contributed by atoms with Gasteiger partial charge in [0.15, 0.2) is 0 Å². The van der Waals surface area contributed by atoms with Crippen molar-refractivity contribution in [2.75, 3.05) is 11.9 Å². The maximum absolute atomic E-state index is 13.2. The van der Waals surface area contributed by atoms with Crippen LogP contribution in [0.3, 0.4) is 0 Å². The van der Waals surface area contributed by atoms with Gasteiger partial charge in [-0.25, -0.2) is 9.07 Å². The highest BCUT2D eigenvalue weighted by molar-refractivity contribution is 5.94. The molecule has 1 aromatic heterocycles. The monoisotopic (exact) mass is 378 g/mol. The lowest BCUT2D eigenvalue weighted by Gasteiger charge is -2.23. The third-order valence-corrected chi connectivity index (χ3v) is 5.05. The molecule has 0 radical (unpaired) electrons. The largest absolute Gasteiger partial charge is 0.309 e. The second-order valence-corrected chi connectivity index (χ2v) is 7.16. The second kappa shape index (κ2) is 7.94. The molecule has 1 aliphatic heterocycles. The Morgan fingerprint density at radius 3 is 2.68 bits per heavy atom. The minimum Gasteiger partial charge on any atom is -0.309 e. The number of nitrogens with one attached hydrogen (secondary N) is 1. The van der Waals surface area contributed by atoms with Crippen LogP contribution in [0.5, 0.6) is 0 Å². The molecule has 1 unspecified atom stereocenters. The Hall–Kier alpha value is -2.99. The minimum absolute atomic E-state index is 0.0308. The van der Waals surface area contributed by atoms with Crippen molar-refractivity contribution >= 4 is 11.7 Å². The fourth-order valence-corrected chi connectivity index (χ4v) is 3.71. The van der Waals surface area contributed by atoms with Crippen LogP contribution in [-0.4, -0.2) is 33.2 Å². The number of rotatable bonds is 5. The third kappa shape index (κ3) is 3.97. The zero-order valence-electron chi connectivity index (χ0n) is 15.8. The molecule has 1 amide bonds. The Bertz CT molecular complexity index is 952. The van der Waals surface area contributed by atoms with E-state index in [4.69, 9.17) is 0 Å². The van der Waals surface area contributed by atoms with Gasteiger partial charge in [0.05, 0.1) is 17.4 Å². The molecule has 5 nitrogen and oxygen atoms in total. The maximum Gasteiger partial charge on any atom is 0.242 e. The molecule has 3 aromatic rings. The molecular weight excluding hydrogens is 355 g/mol. The number of benzene rings is 2. The summed E-state index contributed by atoms with van der Waals surface area (Å²) in [6, 6.07) is 17.9. The van der Waals surface area contributed by atoms with Crippen LogP contribution < -0.4 is 5.32 Å². The average molecular weight is 378 g/mol. The average Bonchev–Trinajstić information content (AvgIpc) is 3.29. The van der Waals surface area contributed by atoms with E-state index in [9.17, 15) is 9.18 Å². The van der Waals surface area contributed by atoms with E-state index < -0.39 is 0 Å². The number of likely N-dealkylation sites (tertiary alicyclic amines) is 1. The second-order valence-electron chi connectivity index (χ2n) is 7.16. The molecule has 1 atom stereocenters. The summed E-state index contributed by atoms with van der Waals surface area (Å²) < 4.78 is 14.9. The summed E-state index contributed by atoms with van der Waals surface area (Å²) in [5.41, 5.74) is 2.69. The zero-order chi connectivity index (χ0) is 19.5. The van der Waals surface area contributed by atoms with E-state index in [1.807, 2.05) is 31.2 Å². The lowest BCUT2D eigenvalue weighted by Crippen LogP contribution is -2.39. The summed E-state index contributed by atoms with van der Waals surface area (Å²) in [7, 11) is 0. The van der Waals surface area contributed by atoms with Gasteiger partial charge in [-0.15, -0.1) is 0 Å². The molecule has 4 rings (SSSR count). The van der Waals surface area contributed by atoms with Crippen molar-refractivity contribution in [2.24, 2.45) is 0 Å². The highest BCUT2D eigenvalue weighted by Crippen LogP contribution is 2.23. The first-order chi connectivity index (χ1) is 13.6. The number of hydrogen-bond donors (Lipinski definition) is 1. The predicted molar refractivity (Wildman–Crippen MR) is 107 cm³/mol. The molecule has 144 valence electrons. The quantitative estimate of drug-likeness (QED) is 0.732. The van der Waals surface area contributed by atoms with E-state index in [0.717, 1.165) is 31.6 Å². The van der Waals surface area contributed by atoms with Gasteiger partial charge in [0.1, 0.15) is 11.6 Å². The number of aryl methyl sites for hydroxylation is 1. The number of aromatic nitrogens is 2. The van der Waals surface area contributed by atoms with Crippen LogP contribution in [0.4, 0.5) is 10.2 Å². The smallest absolute Gasteiger partial charge is 0.242 e. The Morgan fingerprint density at radius 2 is 1.93 bits per heavy atom. The predicted octanol–water partition coefficient (Wildman–Crippen LogP) is 3.92. The first-order valence-corrected chi connectivity index (χ1v) is 9.51. The minimum atomic E-state index is -0.305. The van der Waals surface area contributed by atoms with Crippen LogP contribution in [0.25, 0.3) is 5.69 Å². The van der Waals surface area contributed by atoms with Crippen LogP contribution in [-0.2, 0) is 11.3 Å². The van der Waals surface area contributed by atoms with Gasteiger partial charge >= 0.3 is 0 Å². The summed E-state index contributed by atoms with van der Waals surface area (Å²) in [5.74, 6) is 0.262. The van der Waals surface area contributed by atoms with Crippen molar-refractivity contribution in [1.29, 1.82) is 0 Å². The summed E-state index contributed by atoms with van der Waals surface area (Å²) >= 11 is 0. The summed E-state index contributed by atoms with van der Waals surface area (Å²) in [5, 5.41) is 7.47. The van der Waals surface area contributed by atoms with Gasteiger partial charge in [0.25, 0.3) is 0 Å². The number of carbonyl (C=O) groups is 1. The van der Waals surface area contributed by atoms with Crippen LogP contribution in [0, 0.1) is 12.7 Å². The molecule has 0 spiro atoms. The van der Waals surface area contributed by atoms with Crippen LogP contribution in [0.1, 0.15) is 24.1 Å². The number of anilines is 1. The maximum atomic E-state index is 13.2. The lowest BCUT2D eigenvalue weighted by molar-refractivity contribution is -0.120. The first-order valence-electron chi connectivity index (χ1n) is 9.51. The van der Waals surface area contributed by atoms with Crippen molar-refractivity contribution in [3.05, 3.63) is 77.7 Å². The summed E-state index contributed by atoms with van der Waals surface area (Å²) in [4.78, 5) is 15.2. The number of halogens is 1. The van der Waals surface area contributed by atoms with Crippen LogP contribution >= 0.6 is 0 Å². The molecule has 1 saturated heterocycles. The van der Waals surface area contributed by atoms with Crippen molar-refractivity contribution in [3.8, 4) is 5.69 Å². The molecule has 2 aromatic carbocycles. The summed E-state index contributed by atoms with van der Waals surface area (Å²) in [6.45, 7) is 3.53. The van der Waals surface area contributed by atoms with Gasteiger partial charge in [-0.3, -0.25) is 9.69 Å². The standard InChI is InChI=1S/C22H23FN4O/c1-16-14-21(27(25-16)19-11-9-18(23)10-12-19)24-22(28)20-8-5-13-26(20)15-17-6-3-2-4-7-17/h2-4,6-7,9-12,14,20H,5,8,13,15H2,1H3,(H,24,28). The molecule has 1 aliphatic rings. The van der Waals surface area contributed by atoms with Gasteiger partial charge in [0, 0.05) is 12.6 Å². The van der Waals surface area contributed by atoms with Crippen LogP contribution in [0.15, 0.2) is 60.7 Å². The van der Waals surface area contributed by atoms with E-state index in [1.165, 1.54) is 17.7 Å². The lowest BCUT2D eigenvalue weighted by atomic mass is 10.1. The number of hydrogen-bond acceptors (Lipinski definition) is 3. The van der Waals surface area contributed by atoms with Crippen molar-refractivity contribution < 1.29 is 9.18 Å².